The van der Waals surface area contributed by atoms with Crippen molar-refractivity contribution in [3.63, 3.8) is 0 Å². The molecule has 104 valence electrons. The first-order valence-electron chi connectivity index (χ1n) is 7.48. The Hall–Kier alpha value is -0.510. The maximum atomic E-state index is 3.64. The fraction of sp³-hybridized carbons (Fsp3) is 0.625. The Morgan fingerprint density at radius 1 is 1.37 bits per heavy atom. The number of nitrogens with zero attached hydrogens (tertiary/aromatic N) is 1. The Morgan fingerprint density at radius 2 is 2.21 bits per heavy atom. The first-order chi connectivity index (χ1) is 9.26. The predicted octanol–water partition coefficient (Wildman–Crippen LogP) is 2.78. The number of fused-ring (bicyclic) bond motifs is 1. The van der Waals surface area contributed by atoms with Gasteiger partial charge in [-0.1, -0.05) is 25.1 Å². The summed E-state index contributed by atoms with van der Waals surface area (Å²) in [5, 5.41) is 4.39. The fourth-order valence-electron chi connectivity index (χ4n) is 3.14. The van der Waals surface area contributed by atoms with E-state index in [9.17, 15) is 0 Å². The van der Waals surface area contributed by atoms with E-state index in [-0.39, 0.29) is 0 Å². The average Bonchev–Trinajstić information content (AvgIpc) is 2.83. The molecule has 1 N–H and O–H groups in total. The lowest BCUT2D eigenvalue weighted by Crippen LogP contribution is -2.56. The Labute approximate surface area is 121 Å². The standard InChI is InChI=1S/C16H24N2S/c1-3-14-10-18(12(2)9-17-14)11-15-8-13-6-4-5-7-16(13)19-15/h4-7,12,14-15,17H,3,8-11H2,1-2H3. The molecule has 0 bridgehead atoms. The van der Waals surface area contributed by atoms with Crippen LogP contribution < -0.4 is 5.32 Å². The van der Waals surface area contributed by atoms with Crippen LogP contribution >= 0.6 is 11.8 Å². The molecule has 0 aromatic heterocycles. The molecule has 3 atom stereocenters. The lowest BCUT2D eigenvalue weighted by molar-refractivity contribution is 0.140. The van der Waals surface area contributed by atoms with Crippen LogP contribution in [0.3, 0.4) is 0 Å². The third kappa shape index (κ3) is 2.99. The molecule has 1 aromatic rings. The van der Waals surface area contributed by atoms with Gasteiger partial charge < -0.3 is 5.32 Å². The highest BCUT2D eigenvalue weighted by atomic mass is 32.2. The number of benzene rings is 1. The third-order valence-corrected chi connectivity index (χ3v) is 5.73. The van der Waals surface area contributed by atoms with Gasteiger partial charge >= 0.3 is 0 Å². The molecule has 1 aromatic carbocycles. The van der Waals surface area contributed by atoms with Crippen LogP contribution in [0.5, 0.6) is 0 Å². The minimum absolute atomic E-state index is 0.673. The van der Waals surface area contributed by atoms with Gasteiger partial charge in [0.1, 0.15) is 0 Å². The van der Waals surface area contributed by atoms with Crippen LogP contribution in [0, 0.1) is 0 Å². The van der Waals surface area contributed by atoms with Gasteiger partial charge in [0, 0.05) is 41.9 Å². The van der Waals surface area contributed by atoms with E-state index in [1.165, 1.54) is 30.8 Å². The average molecular weight is 276 g/mol. The summed E-state index contributed by atoms with van der Waals surface area (Å²) >= 11 is 2.08. The second kappa shape index (κ2) is 5.86. The molecule has 2 heterocycles. The third-order valence-electron chi connectivity index (χ3n) is 4.42. The van der Waals surface area contributed by atoms with E-state index in [0.717, 1.165) is 11.8 Å². The summed E-state index contributed by atoms with van der Waals surface area (Å²) in [7, 11) is 0. The van der Waals surface area contributed by atoms with Gasteiger partial charge in [-0.2, -0.15) is 0 Å². The molecule has 2 aliphatic heterocycles. The summed E-state index contributed by atoms with van der Waals surface area (Å²) < 4.78 is 0. The lowest BCUT2D eigenvalue weighted by atomic mass is 10.1. The second-order valence-corrected chi connectivity index (χ2v) is 7.21. The number of nitrogens with one attached hydrogen (secondary N) is 1. The zero-order valence-electron chi connectivity index (χ0n) is 11.9. The number of rotatable bonds is 3. The monoisotopic (exact) mass is 276 g/mol. The summed E-state index contributed by atoms with van der Waals surface area (Å²) in [6.07, 6.45) is 2.48. The highest BCUT2D eigenvalue weighted by Gasteiger charge is 2.29. The van der Waals surface area contributed by atoms with E-state index in [4.69, 9.17) is 0 Å². The molecule has 2 aliphatic rings. The maximum Gasteiger partial charge on any atom is 0.0263 e. The Morgan fingerprint density at radius 3 is 3.00 bits per heavy atom. The fourth-order valence-corrected chi connectivity index (χ4v) is 4.49. The summed E-state index contributed by atoms with van der Waals surface area (Å²) in [6, 6.07) is 10.3. The molecule has 3 heteroatoms. The first kappa shape index (κ1) is 13.5. The second-order valence-electron chi connectivity index (χ2n) is 5.87. The van der Waals surface area contributed by atoms with Gasteiger partial charge in [0.15, 0.2) is 0 Å². The van der Waals surface area contributed by atoms with E-state index < -0.39 is 0 Å². The minimum Gasteiger partial charge on any atom is -0.311 e. The Bertz CT molecular complexity index is 410. The Kier molecular flexibility index (Phi) is 4.15. The molecule has 3 unspecified atom stereocenters. The van der Waals surface area contributed by atoms with Crippen molar-refractivity contribution in [1.82, 2.24) is 10.2 Å². The van der Waals surface area contributed by atoms with Crippen molar-refractivity contribution >= 4 is 11.8 Å². The van der Waals surface area contributed by atoms with Crippen LogP contribution in [0.25, 0.3) is 0 Å². The molecular formula is C16H24N2S. The normalized spacial score (nSPS) is 31.4. The van der Waals surface area contributed by atoms with E-state index >= 15 is 0 Å². The largest absolute Gasteiger partial charge is 0.311 e. The molecule has 19 heavy (non-hydrogen) atoms. The number of hydrogen-bond donors (Lipinski definition) is 1. The van der Waals surface area contributed by atoms with Gasteiger partial charge in [0.2, 0.25) is 0 Å². The highest BCUT2D eigenvalue weighted by Crippen LogP contribution is 2.37. The molecule has 0 amide bonds. The van der Waals surface area contributed by atoms with Crippen LogP contribution in [0.4, 0.5) is 0 Å². The topological polar surface area (TPSA) is 15.3 Å². The van der Waals surface area contributed by atoms with Crippen molar-refractivity contribution in [3.05, 3.63) is 29.8 Å². The van der Waals surface area contributed by atoms with Crippen molar-refractivity contribution in [2.24, 2.45) is 0 Å². The van der Waals surface area contributed by atoms with Gasteiger partial charge in [0.05, 0.1) is 0 Å². The van der Waals surface area contributed by atoms with Crippen LogP contribution in [-0.4, -0.2) is 41.9 Å². The maximum absolute atomic E-state index is 3.64. The predicted molar refractivity (Wildman–Crippen MR) is 82.9 cm³/mol. The molecule has 1 fully saturated rings. The van der Waals surface area contributed by atoms with Crippen LogP contribution in [0.1, 0.15) is 25.8 Å². The highest BCUT2D eigenvalue weighted by molar-refractivity contribution is 8.00. The quantitative estimate of drug-likeness (QED) is 0.914. The van der Waals surface area contributed by atoms with Crippen molar-refractivity contribution in [2.45, 2.75) is 48.9 Å². The molecule has 3 rings (SSSR count). The summed E-state index contributed by atoms with van der Waals surface area (Å²) in [4.78, 5) is 4.19. The van der Waals surface area contributed by atoms with Gasteiger partial charge in [0.25, 0.3) is 0 Å². The van der Waals surface area contributed by atoms with Crippen molar-refractivity contribution < 1.29 is 0 Å². The number of thioether (sulfide) groups is 1. The van der Waals surface area contributed by atoms with Crippen LogP contribution in [-0.2, 0) is 6.42 Å². The lowest BCUT2D eigenvalue weighted by Gasteiger charge is -2.39. The molecule has 0 aliphatic carbocycles. The molecular weight excluding hydrogens is 252 g/mol. The van der Waals surface area contributed by atoms with Gasteiger partial charge in [-0.15, -0.1) is 11.8 Å². The molecule has 1 saturated heterocycles. The Balaban J connectivity index is 1.60. The van der Waals surface area contributed by atoms with E-state index in [2.05, 4.69) is 60.1 Å². The minimum atomic E-state index is 0.673. The van der Waals surface area contributed by atoms with E-state index in [1.54, 1.807) is 5.56 Å². The first-order valence-corrected chi connectivity index (χ1v) is 8.36. The van der Waals surface area contributed by atoms with Crippen LogP contribution in [0.2, 0.25) is 0 Å². The molecule has 2 nitrogen and oxygen atoms in total. The number of piperazine rings is 1. The van der Waals surface area contributed by atoms with Crippen LogP contribution in [0.15, 0.2) is 29.2 Å². The van der Waals surface area contributed by atoms with Gasteiger partial charge in [-0.3, -0.25) is 4.90 Å². The molecule has 0 saturated carbocycles. The number of hydrogen-bond acceptors (Lipinski definition) is 3. The zero-order chi connectivity index (χ0) is 13.2. The summed E-state index contributed by atoms with van der Waals surface area (Å²) in [5.74, 6) is 0. The smallest absolute Gasteiger partial charge is 0.0263 e. The van der Waals surface area contributed by atoms with Crippen molar-refractivity contribution in [2.75, 3.05) is 19.6 Å². The van der Waals surface area contributed by atoms with Gasteiger partial charge in [-0.25, -0.2) is 0 Å². The van der Waals surface area contributed by atoms with Gasteiger partial charge in [-0.05, 0) is 31.4 Å². The summed E-state index contributed by atoms with van der Waals surface area (Å²) in [6.45, 7) is 8.23. The van der Waals surface area contributed by atoms with Crippen molar-refractivity contribution in [1.29, 1.82) is 0 Å². The zero-order valence-corrected chi connectivity index (χ0v) is 12.7. The van der Waals surface area contributed by atoms with E-state index in [0.29, 0.717) is 12.1 Å². The van der Waals surface area contributed by atoms with Crippen molar-refractivity contribution in [3.8, 4) is 0 Å². The molecule has 0 spiro atoms. The molecule has 0 radical (unpaired) electrons. The SMILES string of the molecule is CCC1CN(CC2Cc3ccccc3S2)C(C)CN1. The van der Waals surface area contributed by atoms with E-state index in [1.807, 2.05) is 0 Å². The summed E-state index contributed by atoms with van der Waals surface area (Å²) in [5.41, 5.74) is 1.55.